The topological polar surface area (TPSA) is 47.3 Å². The zero-order valence-corrected chi connectivity index (χ0v) is 12.0. The predicted molar refractivity (Wildman–Crippen MR) is 77.9 cm³/mol. The average molecular weight is 292 g/mol. The smallest absolute Gasteiger partial charge is 0.165 e. The molecule has 0 amide bonds. The predicted octanol–water partition coefficient (Wildman–Crippen LogP) is 3.03. The van der Waals surface area contributed by atoms with Crippen LogP contribution in [-0.2, 0) is 6.42 Å². The fraction of sp³-hybridized carbons (Fsp3) is 0.250. The van der Waals surface area contributed by atoms with Crippen molar-refractivity contribution < 1.29 is 13.5 Å². The van der Waals surface area contributed by atoms with Crippen LogP contribution in [0.5, 0.6) is 5.75 Å². The van der Waals surface area contributed by atoms with E-state index in [1.54, 1.807) is 31.2 Å². The molecule has 0 radical (unpaired) electrons. The van der Waals surface area contributed by atoms with Crippen LogP contribution in [0.25, 0.3) is 0 Å². The fourth-order valence-corrected chi connectivity index (χ4v) is 2.23. The van der Waals surface area contributed by atoms with Crippen molar-refractivity contribution in [2.75, 3.05) is 7.11 Å². The van der Waals surface area contributed by atoms with Crippen LogP contribution in [0.15, 0.2) is 36.4 Å². The molecule has 0 fully saturated rings. The summed E-state index contributed by atoms with van der Waals surface area (Å²) in [7, 11) is 1.42. The molecule has 0 spiro atoms. The molecule has 0 saturated carbocycles. The van der Waals surface area contributed by atoms with E-state index < -0.39 is 5.82 Å². The number of methoxy groups -OCH3 is 1. The number of rotatable bonds is 5. The maximum absolute atomic E-state index is 13.7. The highest BCUT2D eigenvalue weighted by Gasteiger charge is 2.13. The van der Waals surface area contributed by atoms with Gasteiger partial charge in [-0.15, -0.1) is 0 Å². The van der Waals surface area contributed by atoms with Crippen molar-refractivity contribution in [3.8, 4) is 5.75 Å². The van der Waals surface area contributed by atoms with Crippen LogP contribution in [0.1, 0.15) is 22.7 Å². The number of halogens is 2. The van der Waals surface area contributed by atoms with Gasteiger partial charge in [0.1, 0.15) is 5.82 Å². The summed E-state index contributed by atoms with van der Waals surface area (Å²) in [5, 5.41) is 0. The van der Waals surface area contributed by atoms with Gasteiger partial charge in [0.05, 0.1) is 7.11 Å². The van der Waals surface area contributed by atoms with Crippen molar-refractivity contribution in [3.05, 3.63) is 64.7 Å². The summed E-state index contributed by atoms with van der Waals surface area (Å²) in [5.74, 6) is 5.10. The van der Waals surface area contributed by atoms with E-state index in [2.05, 4.69) is 5.43 Å². The first-order chi connectivity index (χ1) is 10.0. The average Bonchev–Trinajstić information content (AvgIpc) is 2.48. The standard InChI is InChI=1S/C16H18F2N2O/c1-10-7-12(4-5-13(10)17)15(20-19)9-11-3-6-16(21-2)14(18)8-11/h3-8,15,20H,9,19H2,1-2H3. The molecule has 0 aliphatic heterocycles. The lowest BCUT2D eigenvalue weighted by molar-refractivity contribution is 0.386. The minimum atomic E-state index is -0.416. The second-order valence-electron chi connectivity index (χ2n) is 4.90. The van der Waals surface area contributed by atoms with Crippen LogP contribution < -0.4 is 16.0 Å². The minimum absolute atomic E-state index is 0.202. The number of hydrogen-bond donors (Lipinski definition) is 2. The van der Waals surface area contributed by atoms with Gasteiger partial charge in [-0.2, -0.15) is 0 Å². The Morgan fingerprint density at radius 1 is 1.14 bits per heavy atom. The summed E-state index contributed by atoms with van der Waals surface area (Å²) in [4.78, 5) is 0. The summed E-state index contributed by atoms with van der Waals surface area (Å²) in [5.41, 5.74) is 4.87. The van der Waals surface area contributed by atoms with Gasteiger partial charge in [-0.25, -0.2) is 8.78 Å². The lowest BCUT2D eigenvalue weighted by Crippen LogP contribution is -2.29. The molecule has 21 heavy (non-hydrogen) atoms. The highest BCUT2D eigenvalue weighted by molar-refractivity contribution is 5.32. The van der Waals surface area contributed by atoms with Crippen molar-refractivity contribution in [2.24, 2.45) is 5.84 Å². The van der Waals surface area contributed by atoms with E-state index >= 15 is 0 Å². The van der Waals surface area contributed by atoms with Crippen LogP contribution in [0, 0.1) is 18.6 Å². The quantitative estimate of drug-likeness (QED) is 0.658. The molecular weight excluding hydrogens is 274 g/mol. The molecule has 0 aliphatic carbocycles. The van der Waals surface area contributed by atoms with Gasteiger partial charge >= 0.3 is 0 Å². The molecule has 3 N–H and O–H groups in total. The molecule has 2 aromatic carbocycles. The number of hydrazine groups is 1. The Hall–Kier alpha value is -1.98. The van der Waals surface area contributed by atoms with Crippen molar-refractivity contribution in [1.29, 1.82) is 0 Å². The van der Waals surface area contributed by atoms with E-state index in [9.17, 15) is 8.78 Å². The Morgan fingerprint density at radius 3 is 2.48 bits per heavy atom. The van der Waals surface area contributed by atoms with Gasteiger partial charge in [-0.3, -0.25) is 11.3 Å². The Morgan fingerprint density at radius 2 is 1.90 bits per heavy atom. The van der Waals surface area contributed by atoms with Crippen molar-refractivity contribution in [2.45, 2.75) is 19.4 Å². The summed E-state index contributed by atoms with van der Waals surface area (Å²) in [6, 6.07) is 9.36. The van der Waals surface area contributed by atoms with E-state index in [0.29, 0.717) is 12.0 Å². The second kappa shape index (κ2) is 6.65. The van der Waals surface area contributed by atoms with E-state index in [-0.39, 0.29) is 17.6 Å². The summed E-state index contributed by atoms with van der Waals surface area (Å²) in [6.07, 6.45) is 0.489. The van der Waals surface area contributed by atoms with Crippen molar-refractivity contribution in [1.82, 2.24) is 5.43 Å². The number of benzene rings is 2. The maximum Gasteiger partial charge on any atom is 0.165 e. The van der Waals surface area contributed by atoms with Crippen molar-refractivity contribution in [3.63, 3.8) is 0 Å². The summed E-state index contributed by atoms with van der Waals surface area (Å²) < 4.78 is 31.9. The molecule has 0 aromatic heterocycles. The molecule has 2 aromatic rings. The molecule has 1 unspecified atom stereocenters. The maximum atomic E-state index is 13.7. The molecule has 0 aliphatic rings. The lowest BCUT2D eigenvalue weighted by atomic mass is 9.98. The second-order valence-corrected chi connectivity index (χ2v) is 4.90. The molecular formula is C16H18F2N2O. The third-order valence-electron chi connectivity index (χ3n) is 3.44. The number of hydrogen-bond acceptors (Lipinski definition) is 3. The zero-order valence-electron chi connectivity index (χ0n) is 12.0. The Bertz CT molecular complexity index is 632. The Balaban J connectivity index is 2.22. The Labute approximate surface area is 122 Å². The molecule has 112 valence electrons. The van der Waals surface area contributed by atoms with Gasteiger partial charge in [-0.05, 0) is 48.2 Å². The van der Waals surface area contributed by atoms with Gasteiger partial charge < -0.3 is 4.74 Å². The minimum Gasteiger partial charge on any atom is -0.494 e. The monoisotopic (exact) mass is 292 g/mol. The van der Waals surface area contributed by atoms with Gasteiger partial charge in [0.15, 0.2) is 11.6 Å². The number of nitrogens with two attached hydrogens (primary N) is 1. The number of ether oxygens (including phenoxy) is 1. The Kier molecular flexibility index (Phi) is 4.88. The van der Waals surface area contributed by atoms with E-state index in [4.69, 9.17) is 10.6 Å². The first-order valence-corrected chi connectivity index (χ1v) is 6.59. The van der Waals surface area contributed by atoms with Gasteiger partial charge in [-0.1, -0.05) is 18.2 Å². The fourth-order valence-electron chi connectivity index (χ4n) is 2.23. The molecule has 2 rings (SSSR count). The van der Waals surface area contributed by atoms with Gasteiger partial charge in [0, 0.05) is 6.04 Å². The first kappa shape index (κ1) is 15.4. The molecule has 0 heterocycles. The van der Waals surface area contributed by atoms with Gasteiger partial charge in [0.2, 0.25) is 0 Å². The largest absolute Gasteiger partial charge is 0.494 e. The normalized spacial score (nSPS) is 12.2. The lowest BCUT2D eigenvalue weighted by Gasteiger charge is -2.17. The molecule has 0 bridgehead atoms. The first-order valence-electron chi connectivity index (χ1n) is 6.59. The van der Waals surface area contributed by atoms with E-state index in [1.165, 1.54) is 19.2 Å². The highest BCUT2D eigenvalue weighted by Crippen LogP contribution is 2.23. The number of aryl methyl sites for hydroxylation is 1. The molecule has 3 nitrogen and oxygen atoms in total. The van der Waals surface area contributed by atoms with Crippen LogP contribution >= 0.6 is 0 Å². The van der Waals surface area contributed by atoms with E-state index in [1.807, 2.05) is 0 Å². The molecule has 5 heteroatoms. The summed E-state index contributed by atoms with van der Waals surface area (Å²) >= 11 is 0. The van der Waals surface area contributed by atoms with Crippen LogP contribution in [0.3, 0.4) is 0 Å². The number of nitrogens with one attached hydrogen (secondary N) is 1. The third kappa shape index (κ3) is 3.56. The molecule has 1 atom stereocenters. The highest BCUT2D eigenvalue weighted by atomic mass is 19.1. The van der Waals surface area contributed by atoms with E-state index in [0.717, 1.165) is 11.1 Å². The van der Waals surface area contributed by atoms with Crippen LogP contribution in [0.4, 0.5) is 8.78 Å². The van der Waals surface area contributed by atoms with Crippen molar-refractivity contribution >= 4 is 0 Å². The SMILES string of the molecule is COc1ccc(CC(NN)c2ccc(F)c(C)c2)cc1F. The van der Waals surface area contributed by atoms with Gasteiger partial charge in [0.25, 0.3) is 0 Å². The van der Waals surface area contributed by atoms with Crippen LogP contribution in [-0.4, -0.2) is 7.11 Å². The molecule has 0 saturated heterocycles. The third-order valence-corrected chi connectivity index (χ3v) is 3.44. The van der Waals surface area contributed by atoms with Crippen LogP contribution in [0.2, 0.25) is 0 Å². The summed E-state index contributed by atoms with van der Waals surface area (Å²) in [6.45, 7) is 1.69. The zero-order chi connectivity index (χ0) is 15.4.